The molecule has 1 heterocycles. The van der Waals surface area contributed by atoms with Gasteiger partial charge in [-0.1, -0.05) is 18.9 Å². The highest BCUT2D eigenvalue weighted by Crippen LogP contribution is 2.25. The van der Waals surface area contributed by atoms with E-state index in [0.717, 1.165) is 24.1 Å². The minimum atomic E-state index is -0.818. The molecule has 1 aromatic heterocycles. The van der Waals surface area contributed by atoms with Gasteiger partial charge in [-0.3, -0.25) is 4.79 Å². The van der Waals surface area contributed by atoms with Crippen LogP contribution >= 0.6 is 11.3 Å². The van der Waals surface area contributed by atoms with E-state index in [0.29, 0.717) is 6.42 Å². The van der Waals surface area contributed by atoms with E-state index in [2.05, 4.69) is 10.6 Å². The second kappa shape index (κ2) is 6.74. The Morgan fingerprint density at radius 2 is 2.15 bits per heavy atom. The van der Waals surface area contributed by atoms with Crippen LogP contribution in [0.2, 0.25) is 0 Å². The largest absolute Gasteiger partial charge is 0.481 e. The van der Waals surface area contributed by atoms with E-state index >= 15 is 0 Å². The average molecular weight is 296 g/mol. The zero-order chi connectivity index (χ0) is 14.5. The molecule has 1 aliphatic rings. The summed E-state index contributed by atoms with van der Waals surface area (Å²) in [6.07, 6.45) is 3.26. The van der Waals surface area contributed by atoms with Crippen molar-refractivity contribution in [2.24, 2.45) is 5.92 Å². The fourth-order valence-corrected chi connectivity index (χ4v) is 3.35. The monoisotopic (exact) mass is 296 g/mol. The summed E-state index contributed by atoms with van der Waals surface area (Å²) < 4.78 is 0. The maximum atomic E-state index is 12.0. The smallest absolute Gasteiger partial charge is 0.315 e. The molecular weight excluding hydrogens is 276 g/mol. The molecule has 1 fully saturated rings. The SMILES string of the molecule is CC(NC(=O)NC1CCCCC1C(=O)O)c1cccs1. The van der Waals surface area contributed by atoms with Crippen molar-refractivity contribution in [2.45, 2.75) is 44.7 Å². The van der Waals surface area contributed by atoms with Crippen molar-refractivity contribution in [1.29, 1.82) is 0 Å². The molecular formula is C14H20N2O3S. The Bertz CT molecular complexity index is 461. The molecule has 0 radical (unpaired) electrons. The van der Waals surface area contributed by atoms with Gasteiger partial charge in [0, 0.05) is 10.9 Å². The van der Waals surface area contributed by atoms with Gasteiger partial charge in [0.1, 0.15) is 0 Å². The highest BCUT2D eigenvalue weighted by atomic mass is 32.1. The fraction of sp³-hybridized carbons (Fsp3) is 0.571. The van der Waals surface area contributed by atoms with Crippen molar-refractivity contribution in [1.82, 2.24) is 10.6 Å². The fourth-order valence-electron chi connectivity index (χ4n) is 2.61. The first kappa shape index (κ1) is 14.8. The zero-order valence-corrected chi connectivity index (χ0v) is 12.3. The van der Waals surface area contributed by atoms with E-state index in [1.165, 1.54) is 0 Å². The summed E-state index contributed by atoms with van der Waals surface area (Å²) in [5.41, 5.74) is 0. The number of nitrogens with one attached hydrogen (secondary N) is 2. The number of hydrogen-bond acceptors (Lipinski definition) is 3. The number of carboxylic acids is 1. The maximum absolute atomic E-state index is 12.0. The first-order valence-electron chi connectivity index (χ1n) is 6.91. The van der Waals surface area contributed by atoms with Crippen LogP contribution in [0.4, 0.5) is 4.79 Å². The van der Waals surface area contributed by atoms with Gasteiger partial charge in [-0.25, -0.2) is 4.79 Å². The molecule has 0 spiro atoms. The number of carbonyl (C=O) groups excluding carboxylic acids is 1. The molecule has 1 saturated carbocycles. The van der Waals surface area contributed by atoms with E-state index in [9.17, 15) is 14.7 Å². The minimum Gasteiger partial charge on any atom is -0.481 e. The number of amides is 2. The lowest BCUT2D eigenvalue weighted by Crippen LogP contribution is -2.49. The molecule has 0 bridgehead atoms. The first-order valence-corrected chi connectivity index (χ1v) is 7.79. The van der Waals surface area contributed by atoms with Gasteiger partial charge < -0.3 is 15.7 Å². The molecule has 1 aliphatic carbocycles. The Labute approximate surface area is 122 Å². The zero-order valence-electron chi connectivity index (χ0n) is 11.5. The number of carbonyl (C=O) groups is 2. The van der Waals surface area contributed by atoms with Crippen molar-refractivity contribution >= 4 is 23.3 Å². The van der Waals surface area contributed by atoms with Crippen molar-refractivity contribution in [3.63, 3.8) is 0 Å². The molecule has 0 aromatic carbocycles. The van der Waals surface area contributed by atoms with Gasteiger partial charge in [0.2, 0.25) is 0 Å². The Balaban J connectivity index is 1.88. The molecule has 0 aliphatic heterocycles. The number of rotatable bonds is 4. The minimum absolute atomic E-state index is 0.0677. The summed E-state index contributed by atoms with van der Waals surface area (Å²) in [4.78, 5) is 24.2. The lowest BCUT2D eigenvalue weighted by Gasteiger charge is -2.29. The van der Waals surface area contributed by atoms with Gasteiger partial charge in [0.15, 0.2) is 0 Å². The third kappa shape index (κ3) is 3.72. The quantitative estimate of drug-likeness (QED) is 0.799. The Morgan fingerprint density at radius 1 is 1.40 bits per heavy atom. The summed E-state index contributed by atoms with van der Waals surface area (Å²) in [6.45, 7) is 1.92. The number of aliphatic carboxylic acids is 1. The van der Waals surface area contributed by atoms with Gasteiger partial charge in [-0.15, -0.1) is 11.3 Å². The molecule has 110 valence electrons. The van der Waals surface area contributed by atoms with E-state index in [4.69, 9.17) is 0 Å². The number of thiophene rings is 1. The van der Waals surface area contributed by atoms with Gasteiger partial charge in [-0.2, -0.15) is 0 Å². The van der Waals surface area contributed by atoms with Crippen LogP contribution < -0.4 is 10.6 Å². The van der Waals surface area contributed by atoms with Crippen LogP contribution in [-0.2, 0) is 4.79 Å². The highest BCUT2D eigenvalue weighted by Gasteiger charge is 2.31. The molecule has 2 amide bonds. The predicted molar refractivity (Wildman–Crippen MR) is 77.8 cm³/mol. The predicted octanol–water partition coefficient (Wildman–Crippen LogP) is 2.75. The molecule has 3 atom stereocenters. The van der Waals surface area contributed by atoms with Crippen LogP contribution in [0.3, 0.4) is 0 Å². The van der Waals surface area contributed by atoms with Gasteiger partial charge in [0.25, 0.3) is 0 Å². The lowest BCUT2D eigenvalue weighted by molar-refractivity contribution is -0.143. The van der Waals surface area contributed by atoms with Crippen LogP contribution in [0, 0.1) is 5.92 Å². The van der Waals surface area contributed by atoms with Crippen LogP contribution in [-0.4, -0.2) is 23.1 Å². The summed E-state index contributed by atoms with van der Waals surface area (Å²) in [7, 11) is 0. The second-order valence-electron chi connectivity index (χ2n) is 5.19. The topological polar surface area (TPSA) is 78.4 Å². The van der Waals surface area contributed by atoms with Crippen LogP contribution in [0.1, 0.15) is 43.5 Å². The van der Waals surface area contributed by atoms with Crippen molar-refractivity contribution < 1.29 is 14.7 Å². The molecule has 2 rings (SSSR count). The van der Waals surface area contributed by atoms with E-state index in [1.807, 2.05) is 24.4 Å². The third-order valence-electron chi connectivity index (χ3n) is 3.72. The number of carboxylic acid groups (broad SMARTS) is 1. The molecule has 6 heteroatoms. The number of urea groups is 1. The number of hydrogen-bond donors (Lipinski definition) is 3. The van der Waals surface area contributed by atoms with Crippen LogP contribution in [0.15, 0.2) is 17.5 Å². The summed E-state index contributed by atoms with van der Waals surface area (Å²) in [5.74, 6) is -1.28. The van der Waals surface area contributed by atoms with Gasteiger partial charge >= 0.3 is 12.0 Å². The second-order valence-corrected chi connectivity index (χ2v) is 6.17. The lowest BCUT2D eigenvalue weighted by atomic mass is 9.84. The van der Waals surface area contributed by atoms with Crippen LogP contribution in [0.5, 0.6) is 0 Å². The van der Waals surface area contributed by atoms with Crippen molar-refractivity contribution in [3.8, 4) is 0 Å². The molecule has 5 nitrogen and oxygen atoms in total. The summed E-state index contributed by atoms with van der Waals surface area (Å²) in [6, 6.07) is 3.29. The third-order valence-corrected chi connectivity index (χ3v) is 4.77. The highest BCUT2D eigenvalue weighted by molar-refractivity contribution is 7.10. The molecule has 0 saturated heterocycles. The van der Waals surface area contributed by atoms with Crippen molar-refractivity contribution in [2.75, 3.05) is 0 Å². The van der Waals surface area contributed by atoms with Crippen molar-refractivity contribution in [3.05, 3.63) is 22.4 Å². The Kier molecular flexibility index (Phi) is 5.00. The van der Waals surface area contributed by atoms with Gasteiger partial charge in [-0.05, 0) is 31.2 Å². The standard InChI is InChI=1S/C14H20N2O3S/c1-9(12-7-4-8-20-12)15-14(19)16-11-6-3-2-5-10(11)13(17)18/h4,7-11H,2-3,5-6H2,1H3,(H,17,18)(H2,15,16,19). The maximum Gasteiger partial charge on any atom is 0.315 e. The first-order chi connectivity index (χ1) is 9.58. The summed E-state index contributed by atoms with van der Waals surface area (Å²) in [5, 5.41) is 16.8. The van der Waals surface area contributed by atoms with Gasteiger partial charge in [0.05, 0.1) is 12.0 Å². The molecule has 3 unspecified atom stereocenters. The molecule has 20 heavy (non-hydrogen) atoms. The van der Waals surface area contributed by atoms with E-state index in [-0.39, 0.29) is 18.1 Å². The van der Waals surface area contributed by atoms with Crippen LogP contribution in [0.25, 0.3) is 0 Å². The van der Waals surface area contributed by atoms with E-state index in [1.54, 1.807) is 11.3 Å². The normalized spacial score (nSPS) is 23.9. The van der Waals surface area contributed by atoms with E-state index < -0.39 is 11.9 Å². The summed E-state index contributed by atoms with van der Waals surface area (Å²) >= 11 is 1.59. The average Bonchev–Trinajstić information content (AvgIpc) is 2.92. The Hall–Kier alpha value is -1.56. The molecule has 1 aromatic rings. The Morgan fingerprint density at radius 3 is 2.80 bits per heavy atom. The molecule has 3 N–H and O–H groups in total.